The van der Waals surface area contributed by atoms with Crippen molar-refractivity contribution in [2.24, 2.45) is 0 Å². The summed E-state index contributed by atoms with van der Waals surface area (Å²) in [5, 5.41) is 12.5. The molecule has 7 heteroatoms. The minimum atomic E-state index is -1.16. The van der Waals surface area contributed by atoms with Gasteiger partial charge in [-0.25, -0.2) is 14.0 Å². The van der Waals surface area contributed by atoms with Gasteiger partial charge in [-0.05, 0) is 46.2 Å². The van der Waals surface area contributed by atoms with Crippen molar-refractivity contribution in [2.45, 2.75) is 46.3 Å². The lowest BCUT2D eigenvalue weighted by Crippen LogP contribution is -2.35. The minimum absolute atomic E-state index is 0.0296. The van der Waals surface area contributed by atoms with Gasteiger partial charge in [0.2, 0.25) is 0 Å². The zero-order chi connectivity index (χ0) is 18.9. The number of carboxylic acids is 1. The van der Waals surface area contributed by atoms with Gasteiger partial charge in [0.05, 0.1) is 5.52 Å². The highest BCUT2D eigenvalue weighted by Crippen LogP contribution is 2.28. The summed E-state index contributed by atoms with van der Waals surface area (Å²) >= 11 is 0. The molecule has 0 bridgehead atoms. The number of rotatable bonds is 4. The van der Waals surface area contributed by atoms with E-state index < -0.39 is 29.5 Å². The number of benzene rings is 1. The first-order valence-corrected chi connectivity index (χ1v) is 8.01. The van der Waals surface area contributed by atoms with E-state index in [0.717, 1.165) is 0 Å². The summed E-state index contributed by atoms with van der Waals surface area (Å²) in [5.74, 6) is -1.62. The summed E-state index contributed by atoms with van der Waals surface area (Å²) in [6.45, 7) is 8.68. The highest BCUT2D eigenvalue weighted by Gasteiger charge is 2.23. The van der Waals surface area contributed by atoms with E-state index in [4.69, 9.17) is 4.74 Å². The van der Waals surface area contributed by atoms with E-state index in [2.05, 4.69) is 5.32 Å². The average molecular weight is 350 g/mol. The first-order chi connectivity index (χ1) is 11.5. The fraction of sp³-hybridized carbons (Fsp3) is 0.444. The minimum Gasteiger partial charge on any atom is -0.477 e. The highest BCUT2D eigenvalue weighted by molar-refractivity contribution is 5.95. The Bertz CT molecular complexity index is 821. The molecule has 0 saturated carbocycles. The molecular formula is C18H23FN2O4. The second-order valence-corrected chi connectivity index (χ2v) is 7.07. The Hall–Kier alpha value is -2.57. The van der Waals surface area contributed by atoms with Crippen LogP contribution in [-0.2, 0) is 4.74 Å². The topological polar surface area (TPSA) is 80.6 Å². The van der Waals surface area contributed by atoms with Crippen LogP contribution < -0.4 is 5.32 Å². The number of hydrogen-bond donors (Lipinski definition) is 2. The zero-order valence-electron chi connectivity index (χ0n) is 15.0. The van der Waals surface area contributed by atoms with Gasteiger partial charge in [-0.1, -0.05) is 12.1 Å². The number of amides is 1. The molecular weight excluding hydrogens is 327 g/mol. The van der Waals surface area contributed by atoms with E-state index in [0.29, 0.717) is 10.9 Å². The predicted molar refractivity (Wildman–Crippen MR) is 92.5 cm³/mol. The summed E-state index contributed by atoms with van der Waals surface area (Å²) in [4.78, 5) is 23.4. The number of carbonyl (C=O) groups is 2. The summed E-state index contributed by atoms with van der Waals surface area (Å²) in [5.41, 5.74) is -0.0203. The number of aromatic nitrogens is 1. The third-order valence-corrected chi connectivity index (χ3v) is 3.73. The number of fused-ring (bicyclic) bond motifs is 1. The van der Waals surface area contributed by atoms with Crippen molar-refractivity contribution in [2.75, 3.05) is 6.54 Å². The molecule has 1 atom stereocenters. The van der Waals surface area contributed by atoms with Gasteiger partial charge in [-0.3, -0.25) is 0 Å². The normalized spacial score (nSPS) is 12.9. The molecule has 1 unspecified atom stereocenters. The molecule has 0 aliphatic heterocycles. The zero-order valence-corrected chi connectivity index (χ0v) is 15.0. The number of aryl methyl sites for hydroxylation is 1. The summed E-state index contributed by atoms with van der Waals surface area (Å²) < 4.78 is 21.2. The fourth-order valence-corrected chi connectivity index (χ4v) is 2.64. The largest absolute Gasteiger partial charge is 0.477 e. The summed E-state index contributed by atoms with van der Waals surface area (Å²) in [6.07, 6.45) is -0.607. The molecule has 0 radical (unpaired) electrons. The molecule has 1 heterocycles. The summed E-state index contributed by atoms with van der Waals surface area (Å²) in [6, 6.07) is 4.25. The maximum Gasteiger partial charge on any atom is 0.407 e. The molecule has 2 N–H and O–H groups in total. The van der Waals surface area contributed by atoms with E-state index >= 15 is 0 Å². The van der Waals surface area contributed by atoms with Crippen molar-refractivity contribution in [1.29, 1.82) is 0 Å². The van der Waals surface area contributed by atoms with Gasteiger partial charge < -0.3 is 19.7 Å². The molecule has 0 aliphatic carbocycles. The van der Waals surface area contributed by atoms with Crippen LogP contribution in [0.3, 0.4) is 0 Å². The molecule has 25 heavy (non-hydrogen) atoms. The Morgan fingerprint density at radius 3 is 2.56 bits per heavy atom. The van der Waals surface area contributed by atoms with Gasteiger partial charge in [-0.15, -0.1) is 0 Å². The molecule has 0 fully saturated rings. The summed E-state index contributed by atoms with van der Waals surface area (Å²) in [7, 11) is 0. The lowest BCUT2D eigenvalue weighted by Gasteiger charge is -2.22. The van der Waals surface area contributed by atoms with E-state index in [1.165, 1.54) is 10.6 Å². The Labute approximate surface area is 145 Å². The number of aromatic carboxylic acids is 1. The smallest absolute Gasteiger partial charge is 0.407 e. The van der Waals surface area contributed by atoms with Crippen molar-refractivity contribution in [1.82, 2.24) is 9.88 Å². The van der Waals surface area contributed by atoms with Crippen LogP contribution in [0.2, 0.25) is 0 Å². The standard InChI is InChI=1S/C18H23FN2O4/c1-10-6-7-12-8-13(16(22)23)21(15(12)14(10)19)11(2)9-20-17(24)25-18(3,4)5/h6-8,11H,9H2,1-5H3,(H,20,24)(H,22,23). The maximum absolute atomic E-state index is 14.6. The van der Waals surface area contributed by atoms with Gasteiger partial charge in [-0.2, -0.15) is 0 Å². The van der Waals surface area contributed by atoms with Crippen molar-refractivity contribution in [3.8, 4) is 0 Å². The monoisotopic (exact) mass is 350 g/mol. The third kappa shape index (κ3) is 4.10. The first-order valence-electron chi connectivity index (χ1n) is 8.01. The van der Waals surface area contributed by atoms with Crippen LogP contribution in [0.4, 0.5) is 9.18 Å². The lowest BCUT2D eigenvalue weighted by atomic mass is 10.1. The molecule has 0 aliphatic rings. The third-order valence-electron chi connectivity index (χ3n) is 3.73. The van der Waals surface area contributed by atoms with Gasteiger partial charge in [0.15, 0.2) is 0 Å². The lowest BCUT2D eigenvalue weighted by molar-refractivity contribution is 0.0521. The molecule has 1 aromatic heterocycles. The molecule has 1 amide bonds. The molecule has 2 aromatic rings. The van der Waals surface area contributed by atoms with Gasteiger partial charge in [0.25, 0.3) is 0 Å². The number of nitrogens with zero attached hydrogens (tertiary/aromatic N) is 1. The van der Waals surface area contributed by atoms with E-state index in [-0.39, 0.29) is 17.8 Å². The van der Waals surface area contributed by atoms with Crippen LogP contribution in [0.15, 0.2) is 18.2 Å². The van der Waals surface area contributed by atoms with Gasteiger partial charge in [0, 0.05) is 18.0 Å². The van der Waals surface area contributed by atoms with Crippen LogP contribution in [0.5, 0.6) is 0 Å². The van der Waals surface area contributed by atoms with Gasteiger partial charge >= 0.3 is 12.1 Å². The SMILES string of the molecule is Cc1ccc2cc(C(=O)O)n(C(C)CNC(=O)OC(C)(C)C)c2c1F. The van der Waals surface area contributed by atoms with Crippen LogP contribution in [0, 0.1) is 12.7 Å². The van der Waals surface area contributed by atoms with E-state index in [9.17, 15) is 19.1 Å². The maximum atomic E-state index is 14.6. The van der Waals surface area contributed by atoms with E-state index in [1.54, 1.807) is 46.8 Å². The highest BCUT2D eigenvalue weighted by atomic mass is 19.1. The van der Waals surface area contributed by atoms with Crippen molar-refractivity contribution < 1.29 is 23.8 Å². The predicted octanol–water partition coefficient (Wildman–Crippen LogP) is 3.87. The van der Waals surface area contributed by atoms with Crippen molar-refractivity contribution >= 4 is 23.0 Å². The number of carbonyl (C=O) groups excluding carboxylic acids is 1. The Morgan fingerprint density at radius 2 is 2.00 bits per heavy atom. The Balaban J connectivity index is 2.35. The van der Waals surface area contributed by atoms with Gasteiger partial charge in [0.1, 0.15) is 17.1 Å². The molecule has 0 saturated heterocycles. The number of ether oxygens (including phenoxy) is 1. The first kappa shape index (κ1) is 18.8. The number of nitrogens with one attached hydrogen (secondary N) is 1. The van der Waals surface area contributed by atoms with Crippen LogP contribution in [0.25, 0.3) is 10.9 Å². The number of halogens is 1. The molecule has 6 nitrogen and oxygen atoms in total. The molecule has 0 spiro atoms. The van der Waals surface area contributed by atoms with Crippen LogP contribution in [0.1, 0.15) is 49.8 Å². The average Bonchev–Trinajstić information content (AvgIpc) is 2.87. The Kier molecular flexibility index (Phi) is 5.06. The van der Waals surface area contributed by atoms with E-state index in [1.807, 2.05) is 0 Å². The molecule has 2 rings (SSSR count). The molecule has 1 aromatic carbocycles. The second-order valence-electron chi connectivity index (χ2n) is 7.07. The number of carboxylic acid groups (broad SMARTS) is 1. The number of alkyl carbamates (subject to hydrolysis) is 1. The van der Waals surface area contributed by atoms with Crippen LogP contribution >= 0.6 is 0 Å². The number of hydrogen-bond acceptors (Lipinski definition) is 3. The van der Waals surface area contributed by atoms with Crippen molar-refractivity contribution in [3.05, 3.63) is 35.3 Å². The Morgan fingerprint density at radius 1 is 1.36 bits per heavy atom. The quantitative estimate of drug-likeness (QED) is 0.877. The van der Waals surface area contributed by atoms with Crippen LogP contribution in [-0.4, -0.2) is 33.9 Å². The fourth-order valence-electron chi connectivity index (χ4n) is 2.64. The van der Waals surface area contributed by atoms with Crippen molar-refractivity contribution in [3.63, 3.8) is 0 Å². The molecule has 136 valence electrons. The second kappa shape index (κ2) is 6.74.